The molecule has 158 valence electrons. The number of aliphatic imine (C=N–C) groups is 1. The van der Waals surface area contributed by atoms with Crippen molar-refractivity contribution in [3.63, 3.8) is 0 Å². The molecule has 3 atom stereocenters. The SMILES string of the molecule is CN=C(NCC(c1cnn(C)c1)N(C)C)NC1CCCC(C(=O)NC(C)C)C1. The summed E-state index contributed by atoms with van der Waals surface area (Å²) in [6, 6.07) is 0.646. The molecule has 1 fully saturated rings. The number of aromatic nitrogens is 2. The second-order valence-corrected chi connectivity index (χ2v) is 8.25. The first-order valence-corrected chi connectivity index (χ1v) is 10.2. The van der Waals surface area contributed by atoms with Crippen LogP contribution in [0.15, 0.2) is 17.4 Å². The molecule has 2 rings (SSSR count). The number of rotatable bonds is 7. The predicted octanol–water partition coefficient (Wildman–Crippen LogP) is 1.27. The summed E-state index contributed by atoms with van der Waals surface area (Å²) in [7, 11) is 7.85. The number of hydrogen-bond donors (Lipinski definition) is 3. The average Bonchev–Trinajstić information content (AvgIpc) is 3.06. The molecule has 0 aromatic carbocycles. The number of amides is 1. The summed E-state index contributed by atoms with van der Waals surface area (Å²) in [6.45, 7) is 4.74. The third-order valence-electron chi connectivity index (χ3n) is 5.24. The molecule has 1 saturated carbocycles. The van der Waals surface area contributed by atoms with Gasteiger partial charge in [-0.1, -0.05) is 6.42 Å². The van der Waals surface area contributed by atoms with Crippen molar-refractivity contribution in [2.45, 2.75) is 57.7 Å². The summed E-state index contributed by atoms with van der Waals surface area (Å²) in [5.41, 5.74) is 1.17. The van der Waals surface area contributed by atoms with E-state index in [0.717, 1.165) is 38.2 Å². The summed E-state index contributed by atoms with van der Waals surface area (Å²) >= 11 is 0. The molecule has 3 N–H and O–H groups in total. The fourth-order valence-corrected chi connectivity index (χ4v) is 3.75. The lowest BCUT2D eigenvalue weighted by molar-refractivity contribution is -0.126. The van der Waals surface area contributed by atoms with Crippen LogP contribution in [-0.4, -0.2) is 66.3 Å². The molecular formula is C20H37N7O. The molecule has 1 aromatic rings. The summed E-state index contributed by atoms with van der Waals surface area (Å²) in [5.74, 6) is 1.04. The molecule has 1 heterocycles. The third-order valence-corrected chi connectivity index (χ3v) is 5.24. The van der Waals surface area contributed by atoms with Crippen LogP contribution in [0, 0.1) is 5.92 Å². The Morgan fingerprint density at radius 3 is 2.71 bits per heavy atom. The molecule has 8 heteroatoms. The van der Waals surface area contributed by atoms with Crippen molar-refractivity contribution in [1.82, 2.24) is 30.6 Å². The first-order valence-electron chi connectivity index (χ1n) is 10.2. The Morgan fingerprint density at radius 2 is 2.14 bits per heavy atom. The van der Waals surface area contributed by atoms with Gasteiger partial charge in [0.15, 0.2) is 5.96 Å². The summed E-state index contributed by atoms with van der Waals surface area (Å²) in [4.78, 5) is 18.9. The maximum Gasteiger partial charge on any atom is 0.223 e. The molecule has 3 unspecified atom stereocenters. The second kappa shape index (κ2) is 10.5. The van der Waals surface area contributed by atoms with E-state index in [0.29, 0.717) is 0 Å². The van der Waals surface area contributed by atoms with E-state index in [-0.39, 0.29) is 30.0 Å². The van der Waals surface area contributed by atoms with Crippen molar-refractivity contribution < 1.29 is 4.79 Å². The van der Waals surface area contributed by atoms with Crippen LogP contribution in [0.4, 0.5) is 0 Å². The molecule has 0 spiro atoms. The zero-order valence-corrected chi connectivity index (χ0v) is 18.2. The quantitative estimate of drug-likeness (QED) is 0.481. The van der Waals surface area contributed by atoms with Crippen LogP contribution in [0.3, 0.4) is 0 Å². The smallest absolute Gasteiger partial charge is 0.223 e. The van der Waals surface area contributed by atoms with Crippen LogP contribution in [-0.2, 0) is 11.8 Å². The van der Waals surface area contributed by atoms with Gasteiger partial charge in [0.25, 0.3) is 0 Å². The molecule has 1 aliphatic rings. The second-order valence-electron chi connectivity index (χ2n) is 8.25. The number of carbonyl (C=O) groups is 1. The van der Waals surface area contributed by atoms with E-state index < -0.39 is 0 Å². The van der Waals surface area contributed by atoms with Gasteiger partial charge in [-0.2, -0.15) is 5.10 Å². The summed E-state index contributed by atoms with van der Waals surface area (Å²) in [6.07, 6.45) is 7.88. The van der Waals surface area contributed by atoms with Crippen LogP contribution in [0.1, 0.15) is 51.1 Å². The highest BCUT2D eigenvalue weighted by molar-refractivity contribution is 5.81. The Hall–Kier alpha value is -2.09. The normalized spacial score (nSPS) is 21.6. The Labute approximate surface area is 169 Å². The largest absolute Gasteiger partial charge is 0.354 e. The molecular weight excluding hydrogens is 354 g/mol. The van der Waals surface area contributed by atoms with Crippen molar-refractivity contribution >= 4 is 11.9 Å². The maximum absolute atomic E-state index is 12.4. The first kappa shape index (κ1) is 22.2. The Kier molecular flexibility index (Phi) is 8.29. The van der Waals surface area contributed by atoms with E-state index in [9.17, 15) is 4.79 Å². The van der Waals surface area contributed by atoms with Crippen LogP contribution in [0.2, 0.25) is 0 Å². The zero-order valence-electron chi connectivity index (χ0n) is 18.2. The number of nitrogens with one attached hydrogen (secondary N) is 3. The molecule has 1 aliphatic carbocycles. The lowest BCUT2D eigenvalue weighted by Crippen LogP contribution is -2.48. The van der Waals surface area contributed by atoms with Crippen LogP contribution in [0.5, 0.6) is 0 Å². The summed E-state index contributed by atoms with van der Waals surface area (Å²) in [5, 5.41) is 14.3. The topological polar surface area (TPSA) is 86.6 Å². The number of guanidine groups is 1. The molecule has 28 heavy (non-hydrogen) atoms. The van der Waals surface area contributed by atoms with Crippen molar-refractivity contribution in [2.24, 2.45) is 18.0 Å². The lowest BCUT2D eigenvalue weighted by Gasteiger charge is -2.31. The minimum Gasteiger partial charge on any atom is -0.354 e. The number of carbonyl (C=O) groups excluding carboxylic acids is 1. The van der Waals surface area contributed by atoms with Gasteiger partial charge in [-0.25, -0.2) is 0 Å². The minimum absolute atomic E-state index is 0.0803. The Bertz CT molecular complexity index is 653. The number of hydrogen-bond acceptors (Lipinski definition) is 4. The summed E-state index contributed by atoms with van der Waals surface area (Å²) < 4.78 is 1.82. The van der Waals surface area contributed by atoms with E-state index in [1.54, 1.807) is 7.05 Å². The fourth-order valence-electron chi connectivity index (χ4n) is 3.75. The number of likely N-dealkylation sites (N-methyl/N-ethyl adjacent to an activating group) is 1. The number of nitrogens with zero attached hydrogens (tertiary/aromatic N) is 4. The molecule has 8 nitrogen and oxygen atoms in total. The van der Waals surface area contributed by atoms with E-state index in [1.165, 1.54) is 5.56 Å². The molecule has 0 saturated heterocycles. The van der Waals surface area contributed by atoms with E-state index in [2.05, 4.69) is 45.0 Å². The molecule has 0 bridgehead atoms. The van der Waals surface area contributed by atoms with E-state index >= 15 is 0 Å². The van der Waals surface area contributed by atoms with Crippen LogP contribution >= 0.6 is 0 Å². The van der Waals surface area contributed by atoms with Gasteiger partial charge in [0.05, 0.1) is 12.2 Å². The predicted molar refractivity (Wildman–Crippen MR) is 113 cm³/mol. The van der Waals surface area contributed by atoms with Crippen molar-refractivity contribution in [1.29, 1.82) is 0 Å². The van der Waals surface area contributed by atoms with Crippen molar-refractivity contribution in [3.8, 4) is 0 Å². The highest BCUT2D eigenvalue weighted by Gasteiger charge is 2.28. The van der Waals surface area contributed by atoms with Gasteiger partial charge in [0, 0.05) is 50.4 Å². The first-order chi connectivity index (χ1) is 13.3. The average molecular weight is 392 g/mol. The van der Waals surface area contributed by atoms with Gasteiger partial charge in [-0.05, 0) is 47.2 Å². The molecule has 1 amide bonds. The van der Waals surface area contributed by atoms with Gasteiger partial charge >= 0.3 is 0 Å². The van der Waals surface area contributed by atoms with Gasteiger partial charge in [-0.3, -0.25) is 14.5 Å². The Balaban J connectivity index is 1.90. The van der Waals surface area contributed by atoms with Gasteiger partial charge in [0.2, 0.25) is 5.91 Å². The third kappa shape index (κ3) is 6.51. The number of aryl methyl sites for hydroxylation is 1. The monoisotopic (exact) mass is 391 g/mol. The van der Waals surface area contributed by atoms with Gasteiger partial charge in [-0.15, -0.1) is 0 Å². The zero-order chi connectivity index (χ0) is 20.7. The van der Waals surface area contributed by atoms with E-state index in [4.69, 9.17) is 0 Å². The van der Waals surface area contributed by atoms with Crippen LogP contribution < -0.4 is 16.0 Å². The van der Waals surface area contributed by atoms with Gasteiger partial charge < -0.3 is 20.9 Å². The minimum atomic E-state index is 0.0803. The fraction of sp³-hybridized carbons (Fsp3) is 0.750. The highest BCUT2D eigenvalue weighted by atomic mass is 16.1. The standard InChI is InChI=1S/C20H37N7O/c1-14(2)24-19(28)15-8-7-9-17(10-15)25-20(21-3)22-12-18(26(4)5)16-11-23-27(6)13-16/h11,13-15,17-18H,7-10,12H2,1-6H3,(H,24,28)(H2,21,22,25). The molecule has 0 radical (unpaired) electrons. The Morgan fingerprint density at radius 1 is 1.39 bits per heavy atom. The van der Waals surface area contributed by atoms with Crippen LogP contribution in [0.25, 0.3) is 0 Å². The molecule has 1 aromatic heterocycles. The maximum atomic E-state index is 12.4. The van der Waals surface area contributed by atoms with Crippen molar-refractivity contribution in [2.75, 3.05) is 27.7 Å². The lowest BCUT2D eigenvalue weighted by atomic mass is 9.85. The molecule has 0 aliphatic heterocycles. The van der Waals surface area contributed by atoms with Crippen molar-refractivity contribution in [3.05, 3.63) is 18.0 Å². The van der Waals surface area contributed by atoms with Gasteiger partial charge in [0.1, 0.15) is 0 Å². The van der Waals surface area contributed by atoms with E-state index in [1.807, 2.05) is 38.0 Å². The highest BCUT2D eigenvalue weighted by Crippen LogP contribution is 2.24.